The minimum absolute atomic E-state index is 0.0228. The molecule has 2 aromatic heterocycles. The van der Waals surface area contributed by atoms with E-state index in [4.69, 9.17) is 9.47 Å². The minimum Gasteiger partial charge on any atom is -0.491 e. The van der Waals surface area contributed by atoms with E-state index in [1.165, 1.54) is 35.3 Å². The molecule has 3 heterocycles. The van der Waals surface area contributed by atoms with Gasteiger partial charge in [0.2, 0.25) is 5.82 Å². The lowest BCUT2D eigenvalue weighted by Gasteiger charge is -2.30. The highest BCUT2D eigenvalue weighted by molar-refractivity contribution is 7.15. The second-order valence-electron chi connectivity index (χ2n) is 8.88. The number of carbonyl (C=O) groups excluding carboxylic acids is 1. The SMILES string of the molecule is CCc1cnc(-c2cc(OC[C@H]3CN(C(=O)O)CCO3)cc(C(=O)NC(C)c3cnc(C(F)(F)F)nc3)c2F)s1. The van der Waals surface area contributed by atoms with Crippen LogP contribution >= 0.6 is 11.3 Å². The van der Waals surface area contributed by atoms with Crippen molar-refractivity contribution in [2.45, 2.75) is 38.6 Å². The summed E-state index contributed by atoms with van der Waals surface area (Å²) in [7, 11) is 0. The molecule has 0 saturated carbocycles. The van der Waals surface area contributed by atoms with Crippen LogP contribution in [0.25, 0.3) is 10.6 Å². The standard InChI is InChI=1S/C25H25F4N5O5S/c1-3-17-10-30-22(40-17)19-7-15(39-12-16-11-34(24(36)37)4-5-38-16)6-18(20(19)26)21(35)33-13(2)14-8-31-23(32-9-14)25(27,28)29/h6-10,13,16H,3-5,11-12H2,1-2H3,(H,33,35)(H,36,37)/t13?,16-/m1/s1. The highest BCUT2D eigenvalue weighted by atomic mass is 32.1. The molecule has 214 valence electrons. The lowest BCUT2D eigenvalue weighted by atomic mass is 10.1. The Labute approximate surface area is 230 Å². The highest BCUT2D eigenvalue weighted by Gasteiger charge is 2.34. The van der Waals surface area contributed by atoms with Crippen LogP contribution < -0.4 is 10.1 Å². The van der Waals surface area contributed by atoms with Crippen LogP contribution in [0.4, 0.5) is 22.4 Å². The second kappa shape index (κ2) is 12.1. The van der Waals surface area contributed by atoms with Crippen molar-refractivity contribution in [3.8, 4) is 16.3 Å². The van der Waals surface area contributed by atoms with E-state index in [0.717, 1.165) is 17.3 Å². The molecule has 2 atom stereocenters. The summed E-state index contributed by atoms with van der Waals surface area (Å²) in [4.78, 5) is 37.4. The number of morpholine rings is 1. The van der Waals surface area contributed by atoms with Gasteiger partial charge in [-0.25, -0.2) is 24.1 Å². The highest BCUT2D eigenvalue weighted by Crippen LogP contribution is 2.33. The maximum Gasteiger partial charge on any atom is 0.451 e. The first-order chi connectivity index (χ1) is 19.0. The van der Waals surface area contributed by atoms with E-state index in [9.17, 15) is 27.9 Å². The Morgan fingerprint density at radius 1 is 1.25 bits per heavy atom. The monoisotopic (exact) mass is 583 g/mol. The Morgan fingerprint density at radius 2 is 1.98 bits per heavy atom. The van der Waals surface area contributed by atoms with Crippen molar-refractivity contribution in [1.29, 1.82) is 0 Å². The predicted octanol–water partition coefficient (Wildman–Crippen LogP) is 4.57. The van der Waals surface area contributed by atoms with Crippen molar-refractivity contribution in [2.75, 3.05) is 26.3 Å². The number of thiazole rings is 1. The summed E-state index contributed by atoms with van der Waals surface area (Å²) >= 11 is 1.25. The van der Waals surface area contributed by atoms with Gasteiger partial charge in [0.05, 0.1) is 30.3 Å². The van der Waals surface area contributed by atoms with Crippen LogP contribution in [0.2, 0.25) is 0 Å². The third-order valence-corrected chi connectivity index (χ3v) is 7.22. The van der Waals surface area contributed by atoms with Crippen LogP contribution in [0, 0.1) is 5.82 Å². The van der Waals surface area contributed by atoms with Crippen LogP contribution in [0.1, 0.15) is 46.5 Å². The maximum atomic E-state index is 15.7. The van der Waals surface area contributed by atoms with Crippen molar-refractivity contribution in [3.05, 3.63) is 58.4 Å². The van der Waals surface area contributed by atoms with E-state index in [1.54, 1.807) is 6.20 Å². The minimum atomic E-state index is -4.72. The number of nitrogens with one attached hydrogen (secondary N) is 1. The summed E-state index contributed by atoms with van der Waals surface area (Å²) in [6.45, 7) is 3.84. The molecule has 0 radical (unpaired) electrons. The molecule has 0 aliphatic carbocycles. The molecule has 0 spiro atoms. The van der Waals surface area contributed by atoms with Gasteiger partial charge in [0, 0.05) is 35.6 Å². The third kappa shape index (κ3) is 6.83. The normalized spacial score (nSPS) is 16.4. The van der Waals surface area contributed by atoms with E-state index in [0.29, 0.717) is 11.4 Å². The number of nitrogens with zero attached hydrogens (tertiary/aromatic N) is 4. The van der Waals surface area contributed by atoms with Gasteiger partial charge in [0.1, 0.15) is 29.3 Å². The summed E-state index contributed by atoms with van der Waals surface area (Å²) < 4.78 is 65.4. The maximum absolute atomic E-state index is 15.7. The Hall–Kier alpha value is -3.85. The van der Waals surface area contributed by atoms with E-state index >= 15 is 4.39 Å². The molecule has 15 heteroatoms. The molecule has 3 aromatic rings. The van der Waals surface area contributed by atoms with Crippen LogP contribution in [-0.4, -0.2) is 69.4 Å². The number of hydrogen-bond donors (Lipinski definition) is 2. The molecular weight excluding hydrogens is 558 g/mol. The number of ether oxygens (including phenoxy) is 2. The number of benzene rings is 1. The number of halogens is 4. The first-order valence-corrected chi connectivity index (χ1v) is 13.0. The average molecular weight is 584 g/mol. The van der Waals surface area contributed by atoms with E-state index in [-0.39, 0.29) is 48.7 Å². The molecule has 10 nitrogen and oxygen atoms in total. The largest absolute Gasteiger partial charge is 0.491 e. The quantitative estimate of drug-likeness (QED) is 0.370. The predicted molar refractivity (Wildman–Crippen MR) is 135 cm³/mol. The molecule has 1 aliphatic rings. The summed E-state index contributed by atoms with van der Waals surface area (Å²) in [5.74, 6) is -2.91. The van der Waals surface area contributed by atoms with Crippen LogP contribution in [0.3, 0.4) is 0 Å². The zero-order chi connectivity index (χ0) is 29.0. The van der Waals surface area contributed by atoms with Crippen molar-refractivity contribution >= 4 is 23.3 Å². The second-order valence-corrected chi connectivity index (χ2v) is 10.00. The van der Waals surface area contributed by atoms with Crippen molar-refractivity contribution < 1.29 is 41.7 Å². The molecular formula is C25H25F4N5O5S. The first kappa shape index (κ1) is 29.1. The molecule has 2 amide bonds. The summed E-state index contributed by atoms with van der Waals surface area (Å²) in [5, 5.41) is 12.1. The third-order valence-electron chi connectivity index (χ3n) is 6.04. The lowest BCUT2D eigenvalue weighted by molar-refractivity contribution is -0.145. The number of hydrogen-bond acceptors (Lipinski definition) is 8. The van der Waals surface area contributed by atoms with Gasteiger partial charge in [-0.1, -0.05) is 6.92 Å². The van der Waals surface area contributed by atoms with Gasteiger partial charge in [-0.3, -0.25) is 4.79 Å². The van der Waals surface area contributed by atoms with Crippen molar-refractivity contribution in [2.24, 2.45) is 0 Å². The number of aromatic nitrogens is 3. The Balaban J connectivity index is 1.58. The zero-order valence-electron chi connectivity index (χ0n) is 21.4. The zero-order valence-corrected chi connectivity index (χ0v) is 22.2. The Kier molecular flexibility index (Phi) is 8.83. The molecule has 2 N–H and O–H groups in total. The van der Waals surface area contributed by atoms with Crippen molar-refractivity contribution in [1.82, 2.24) is 25.2 Å². The fourth-order valence-corrected chi connectivity index (χ4v) is 4.71. The Morgan fingerprint density at radius 3 is 2.60 bits per heavy atom. The van der Waals surface area contributed by atoms with Gasteiger partial charge < -0.3 is 24.8 Å². The van der Waals surface area contributed by atoms with Gasteiger partial charge in [-0.2, -0.15) is 13.2 Å². The van der Waals surface area contributed by atoms with Gasteiger partial charge in [-0.15, -0.1) is 11.3 Å². The molecule has 1 aromatic carbocycles. The average Bonchev–Trinajstić information content (AvgIpc) is 3.41. The lowest BCUT2D eigenvalue weighted by Crippen LogP contribution is -2.47. The Bertz CT molecular complexity index is 1370. The topological polar surface area (TPSA) is 127 Å². The van der Waals surface area contributed by atoms with Gasteiger partial charge in [0.15, 0.2) is 0 Å². The van der Waals surface area contributed by atoms with E-state index in [2.05, 4.69) is 20.3 Å². The summed E-state index contributed by atoms with van der Waals surface area (Å²) in [6.07, 6.45) is -2.22. The number of aryl methyl sites for hydroxylation is 1. The first-order valence-electron chi connectivity index (χ1n) is 12.2. The molecule has 4 rings (SSSR count). The van der Waals surface area contributed by atoms with Crippen LogP contribution in [-0.2, 0) is 17.3 Å². The fourth-order valence-electron chi connectivity index (χ4n) is 3.85. The fraction of sp³-hybridized carbons (Fsp3) is 0.400. The van der Waals surface area contributed by atoms with Crippen molar-refractivity contribution in [3.63, 3.8) is 0 Å². The summed E-state index contributed by atoms with van der Waals surface area (Å²) in [6, 6.07) is 1.73. The van der Waals surface area contributed by atoms with Gasteiger partial charge in [-0.05, 0) is 25.5 Å². The van der Waals surface area contributed by atoms with Gasteiger partial charge in [0.25, 0.3) is 5.91 Å². The van der Waals surface area contributed by atoms with E-state index < -0.39 is 42.0 Å². The summed E-state index contributed by atoms with van der Waals surface area (Å²) in [5.41, 5.74) is -0.175. The molecule has 0 bridgehead atoms. The number of carboxylic acid groups (broad SMARTS) is 1. The number of carbonyl (C=O) groups is 2. The number of amides is 2. The van der Waals surface area contributed by atoms with Crippen LogP contribution in [0.15, 0.2) is 30.7 Å². The molecule has 1 fully saturated rings. The van der Waals surface area contributed by atoms with Gasteiger partial charge >= 0.3 is 12.3 Å². The molecule has 1 saturated heterocycles. The number of alkyl halides is 3. The smallest absolute Gasteiger partial charge is 0.451 e. The molecule has 40 heavy (non-hydrogen) atoms. The van der Waals surface area contributed by atoms with Crippen LogP contribution in [0.5, 0.6) is 5.75 Å². The molecule has 1 aliphatic heterocycles. The number of rotatable bonds is 8. The van der Waals surface area contributed by atoms with E-state index in [1.807, 2.05) is 6.92 Å². The molecule has 1 unspecified atom stereocenters.